The van der Waals surface area contributed by atoms with Crippen LogP contribution in [0.2, 0.25) is 0 Å². The van der Waals surface area contributed by atoms with Crippen LogP contribution < -0.4 is 10.6 Å². The Bertz CT molecular complexity index is 1340. The Hall–Kier alpha value is -2.64. The van der Waals surface area contributed by atoms with Gasteiger partial charge in [0.1, 0.15) is 97.7 Å². The summed E-state index contributed by atoms with van der Waals surface area (Å²) in [6.45, 7) is -2.74. The zero-order valence-corrected chi connectivity index (χ0v) is 29.2. The van der Waals surface area contributed by atoms with E-state index in [0.717, 1.165) is 0 Å². The number of hydrogen-bond donors (Lipinski definition) is 16. The zero-order chi connectivity index (χ0) is 41.2. The largest absolute Gasteiger partial charge is 0.394 e. The third-order valence-corrected chi connectivity index (χ3v) is 9.93. The molecule has 4 aliphatic rings. The number of hydrogen-bond acceptors (Lipinski definition) is 22. The molecular formula is C32H48N2O22. The molecule has 0 bridgehead atoms. The van der Waals surface area contributed by atoms with E-state index < -0.39 is 161 Å². The van der Waals surface area contributed by atoms with E-state index in [0.29, 0.717) is 0 Å². The van der Waals surface area contributed by atoms with Crippen molar-refractivity contribution in [2.45, 2.75) is 123 Å². The number of nitrogens with one attached hydrogen (secondary N) is 2. The number of aliphatic hydroxyl groups is 14. The molecule has 1 aromatic rings. The average Bonchev–Trinajstić information content (AvgIpc) is 3.19. The fourth-order valence-corrected chi connectivity index (χ4v) is 6.40. The Morgan fingerprint density at radius 3 is 1.07 bits per heavy atom. The van der Waals surface area contributed by atoms with Crippen LogP contribution in [0.25, 0.3) is 0 Å². The highest BCUT2D eigenvalue weighted by Crippen LogP contribution is 2.27. The first kappa shape index (κ1) is 44.5. The lowest BCUT2D eigenvalue weighted by Crippen LogP contribution is -2.64. The average molecular weight is 813 g/mol. The van der Waals surface area contributed by atoms with Gasteiger partial charge in [0.15, 0.2) is 25.0 Å². The first-order valence-electron chi connectivity index (χ1n) is 17.4. The maximum Gasteiger partial charge on any atom is 0.253 e. The van der Waals surface area contributed by atoms with Crippen LogP contribution in [0.5, 0.6) is 0 Å². The van der Waals surface area contributed by atoms with Crippen LogP contribution in [-0.2, 0) is 28.4 Å². The van der Waals surface area contributed by atoms with Gasteiger partial charge in [0.05, 0.1) is 26.4 Å². The number of aliphatic hydroxyl groups excluding tert-OH is 14. The van der Waals surface area contributed by atoms with Crippen molar-refractivity contribution in [2.24, 2.45) is 0 Å². The summed E-state index contributed by atoms with van der Waals surface area (Å²) in [5, 5.41) is 146. The lowest BCUT2D eigenvalue weighted by Gasteiger charge is -2.43. The number of ether oxygens (including phenoxy) is 6. The third-order valence-electron chi connectivity index (χ3n) is 9.93. The van der Waals surface area contributed by atoms with E-state index >= 15 is 0 Å². The highest BCUT2D eigenvalue weighted by Gasteiger charge is 2.49. The highest BCUT2D eigenvalue weighted by atomic mass is 16.7. The van der Waals surface area contributed by atoms with Crippen LogP contribution in [0, 0.1) is 0 Å². The van der Waals surface area contributed by atoms with E-state index in [4.69, 9.17) is 28.4 Å². The van der Waals surface area contributed by atoms with E-state index in [9.17, 15) is 81.1 Å². The fourth-order valence-electron chi connectivity index (χ4n) is 6.40. The molecule has 0 aliphatic carbocycles. The van der Waals surface area contributed by atoms with Gasteiger partial charge in [-0.05, 0) is 24.3 Å². The summed E-state index contributed by atoms with van der Waals surface area (Å²) >= 11 is 0. The second kappa shape index (κ2) is 19.0. The summed E-state index contributed by atoms with van der Waals surface area (Å²) in [7, 11) is 0. The van der Waals surface area contributed by atoms with Crippen LogP contribution in [0.15, 0.2) is 24.3 Å². The van der Waals surface area contributed by atoms with Crippen LogP contribution in [0.3, 0.4) is 0 Å². The van der Waals surface area contributed by atoms with Gasteiger partial charge in [-0.1, -0.05) is 0 Å². The van der Waals surface area contributed by atoms with Crippen molar-refractivity contribution in [3.8, 4) is 0 Å². The molecule has 0 aromatic heterocycles. The summed E-state index contributed by atoms with van der Waals surface area (Å²) in [5.74, 6) is -1.77. The van der Waals surface area contributed by atoms with Gasteiger partial charge < -0.3 is 111 Å². The van der Waals surface area contributed by atoms with Gasteiger partial charge in [0.2, 0.25) is 0 Å². The molecule has 4 aliphatic heterocycles. The molecule has 16 N–H and O–H groups in total. The Labute approximate surface area is 316 Å². The molecule has 24 nitrogen and oxygen atoms in total. The van der Waals surface area contributed by atoms with Gasteiger partial charge in [0.25, 0.3) is 11.8 Å². The van der Waals surface area contributed by atoms with E-state index in [1.165, 1.54) is 24.3 Å². The molecule has 24 heteroatoms. The molecule has 4 saturated heterocycles. The molecule has 1 aromatic carbocycles. The van der Waals surface area contributed by atoms with Crippen molar-refractivity contribution in [3.05, 3.63) is 35.4 Å². The first-order valence-corrected chi connectivity index (χ1v) is 17.4. The molecule has 318 valence electrons. The minimum absolute atomic E-state index is 0.0926. The Morgan fingerprint density at radius 2 is 0.750 bits per heavy atom. The summed E-state index contributed by atoms with van der Waals surface area (Å²) in [6, 6.07) is 4.72. The van der Waals surface area contributed by atoms with Crippen LogP contribution in [0.4, 0.5) is 0 Å². The van der Waals surface area contributed by atoms with Crippen LogP contribution in [0.1, 0.15) is 20.7 Å². The van der Waals surface area contributed by atoms with E-state index in [1.807, 2.05) is 0 Å². The number of benzene rings is 1. The SMILES string of the molecule is O=C(N[C@@H]1O[C@H](CO[C@H]2O[C@H](CO)[C@@H](O)[C@H](O)[C@@H]2O)[C@@H](O)[C@H](O)[C@H]1O)c1ccc(C(=O)N[C@@H]2O[C@H](CO[C@H]3O[C@H](CO)[C@@H](O)[C@H](O)[C@@H]3O)[C@@H](O)[C@H](O)[C@H]2O)cc1. The van der Waals surface area contributed by atoms with Crippen molar-refractivity contribution < 1.29 is 110 Å². The predicted molar refractivity (Wildman–Crippen MR) is 174 cm³/mol. The molecule has 0 radical (unpaired) electrons. The van der Waals surface area contributed by atoms with Crippen LogP contribution >= 0.6 is 0 Å². The zero-order valence-electron chi connectivity index (χ0n) is 29.2. The Balaban J connectivity index is 1.15. The third kappa shape index (κ3) is 9.46. The summed E-state index contributed by atoms with van der Waals surface area (Å²) in [5.41, 5.74) is -0.185. The smallest absolute Gasteiger partial charge is 0.253 e. The lowest BCUT2D eigenvalue weighted by molar-refractivity contribution is -0.314. The molecule has 0 saturated carbocycles. The quantitative estimate of drug-likeness (QED) is 0.0931. The Kier molecular flexibility index (Phi) is 15.1. The molecule has 56 heavy (non-hydrogen) atoms. The van der Waals surface area contributed by atoms with Crippen molar-refractivity contribution >= 4 is 11.8 Å². The monoisotopic (exact) mass is 812 g/mol. The molecule has 20 atom stereocenters. The van der Waals surface area contributed by atoms with Crippen molar-refractivity contribution in [3.63, 3.8) is 0 Å². The number of carbonyl (C=O) groups is 2. The van der Waals surface area contributed by atoms with E-state index in [-0.39, 0.29) is 11.1 Å². The lowest BCUT2D eigenvalue weighted by atomic mass is 9.97. The van der Waals surface area contributed by atoms with Crippen LogP contribution in [-0.4, -0.2) is 232 Å². The molecular weight excluding hydrogens is 764 g/mol. The molecule has 4 fully saturated rings. The molecule has 5 rings (SSSR count). The topological polar surface area (TPSA) is 397 Å². The fraction of sp³-hybridized carbons (Fsp3) is 0.750. The first-order chi connectivity index (χ1) is 26.5. The summed E-state index contributed by atoms with van der Waals surface area (Å²) in [4.78, 5) is 26.1. The van der Waals surface area contributed by atoms with Gasteiger partial charge >= 0.3 is 0 Å². The maximum absolute atomic E-state index is 13.1. The van der Waals surface area contributed by atoms with Gasteiger partial charge in [-0.15, -0.1) is 0 Å². The normalized spacial score (nSPS) is 44.5. The number of amides is 2. The maximum atomic E-state index is 13.1. The molecule has 0 unspecified atom stereocenters. The minimum Gasteiger partial charge on any atom is -0.394 e. The predicted octanol–water partition coefficient (Wildman–Crippen LogP) is -9.61. The van der Waals surface area contributed by atoms with Gasteiger partial charge in [-0.25, -0.2) is 0 Å². The van der Waals surface area contributed by atoms with Crippen molar-refractivity contribution in [1.82, 2.24) is 10.6 Å². The summed E-state index contributed by atoms with van der Waals surface area (Å²) in [6.07, 6.45) is -33.4. The Morgan fingerprint density at radius 1 is 0.446 bits per heavy atom. The van der Waals surface area contributed by atoms with Gasteiger partial charge in [0, 0.05) is 11.1 Å². The standard InChI is InChI=1S/C32H48N2O22/c35-5-11-15(37)21(43)25(47)31(55-11)51-7-13-17(39)19(41)23(45)29(53-13)33-27(49)9-1-2-10(4-3-9)28(50)34-30-24(46)20(42)18(40)14(54-30)8-52-32-26(48)22(44)16(38)12(6-36)56-32/h1-4,11-26,29-32,35-48H,5-8H2,(H,33,49)(H,34,50)/t11-,12-,13-,14-,15-,16-,17-,18-,19+,20+,21+,22+,23-,24-,25+,26+,29-,30-,31+,32+/m1/s1. The second-order valence-corrected chi connectivity index (χ2v) is 13.7. The molecule has 4 heterocycles. The van der Waals surface area contributed by atoms with Crippen molar-refractivity contribution in [2.75, 3.05) is 26.4 Å². The molecule has 2 amide bonds. The van der Waals surface area contributed by atoms with E-state index in [2.05, 4.69) is 10.6 Å². The second-order valence-electron chi connectivity index (χ2n) is 13.7. The minimum atomic E-state index is -1.88. The highest BCUT2D eigenvalue weighted by molar-refractivity contribution is 5.98. The van der Waals surface area contributed by atoms with Crippen molar-refractivity contribution in [1.29, 1.82) is 0 Å². The summed E-state index contributed by atoms with van der Waals surface area (Å²) < 4.78 is 32.3. The number of carbonyl (C=O) groups excluding carboxylic acids is 2. The molecule has 0 spiro atoms. The van der Waals surface area contributed by atoms with Gasteiger partial charge in [-0.2, -0.15) is 0 Å². The van der Waals surface area contributed by atoms with E-state index in [1.54, 1.807) is 0 Å². The van der Waals surface area contributed by atoms with Gasteiger partial charge in [-0.3, -0.25) is 9.59 Å². The number of rotatable bonds is 12.